The lowest BCUT2D eigenvalue weighted by Gasteiger charge is -2.30. The van der Waals surface area contributed by atoms with Crippen molar-refractivity contribution in [2.24, 2.45) is 5.73 Å². The van der Waals surface area contributed by atoms with Crippen LogP contribution in [0.15, 0.2) is 9.59 Å². The number of nitrogens with two attached hydrogens (primary N) is 1. The van der Waals surface area contributed by atoms with Crippen molar-refractivity contribution in [1.82, 2.24) is 19.1 Å². The fourth-order valence-corrected chi connectivity index (χ4v) is 4.00. The Hall–Kier alpha value is -5.07. The maximum absolute atomic E-state index is 14.3. The van der Waals surface area contributed by atoms with Crippen molar-refractivity contribution < 1.29 is 47.7 Å². The normalized spacial score (nSPS) is 12.5. The third kappa shape index (κ3) is 11.5. The molecule has 0 fully saturated rings. The van der Waals surface area contributed by atoms with Crippen LogP contribution < -0.4 is 26.8 Å². The number of ether oxygens (including phenoxy) is 5. The highest BCUT2D eigenvalue weighted by Crippen LogP contribution is 2.29. The smallest absolute Gasteiger partial charge is 0.427 e. The highest BCUT2D eigenvalue weighted by Gasteiger charge is 2.41. The van der Waals surface area contributed by atoms with Crippen LogP contribution in [0.25, 0.3) is 11.0 Å². The van der Waals surface area contributed by atoms with Crippen LogP contribution >= 0.6 is 0 Å². The Morgan fingerprint density at radius 2 is 0.962 bits per heavy atom. The van der Waals surface area contributed by atoms with E-state index in [1.165, 1.54) is 104 Å². The van der Waals surface area contributed by atoms with Crippen molar-refractivity contribution in [2.45, 2.75) is 138 Å². The number of hydrogen-bond acceptors (Lipinski definition) is 15. The molecular weight excluding hydrogens is 686 g/mol. The number of fused-ring (bicyclic) bond motifs is 1. The van der Waals surface area contributed by atoms with E-state index in [1.54, 1.807) is 0 Å². The van der Waals surface area contributed by atoms with E-state index in [0.29, 0.717) is 0 Å². The average Bonchev–Trinajstić information content (AvgIpc) is 2.85. The monoisotopic (exact) mass is 737 g/mol. The van der Waals surface area contributed by atoms with E-state index in [4.69, 9.17) is 29.4 Å². The minimum absolute atomic E-state index is 0.109. The van der Waals surface area contributed by atoms with Gasteiger partial charge in [0.25, 0.3) is 5.56 Å². The van der Waals surface area contributed by atoms with Gasteiger partial charge in [-0.15, -0.1) is 4.90 Å². The fraction of sp³-hybridized carbons (Fsp3) is 0.667. The first-order chi connectivity index (χ1) is 23.3. The van der Waals surface area contributed by atoms with Gasteiger partial charge in [-0.2, -0.15) is 19.4 Å². The van der Waals surface area contributed by atoms with Crippen LogP contribution in [0.1, 0.15) is 104 Å². The third-order valence-electron chi connectivity index (χ3n) is 5.60. The molecule has 0 saturated heterocycles. The molecule has 19 heteroatoms. The van der Waals surface area contributed by atoms with Gasteiger partial charge in [0.2, 0.25) is 5.95 Å². The first kappa shape index (κ1) is 43.1. The largest absolute Gasteiger partial charge is 0.443 e. The summed E-state index contributed by atoms with van der Waals surface area (Å²) in [6, 6.07) is 0. The number of anilines is 2. The fourth-order valence-electron chi connectivity index (χ4n) is 4.00. The average molecular weight is 738 g/mol. The molecule has 2 rings (SSSR count). The topological polar surface area (TPSA) is 234 Å². The van der Waals surface area contributed by atoms with Crippen molar-refractivity contribution in [2.75, 3.05) is 16.3 Å². The molecule has 0 bridgehead atoms. The standard InChI is InChI=1S/C33H51N7O12/c1-29(2,3)48-24(43)38(25(44)49-30(4,5)6)20-18-19(37(17-16-34)23(42)39(21(18)41)26(45)50-31(7,8)9)35-22(36-20)40(27(46)51-32(10,11)12)28(47)52-33(13,14)15/h16-17,34H2,1-15H3. The van der Waals surface area contributed by atoms with Crippen molar-refractivity contribution in [1.29, 1.82) is 0 Å². The van der Waals surface area contributed by atoms with Crippen molar-refractivity contribution in [3.63, 3.8) is 0 Å². The van der Waals surface area contributed by atoms with E-state index in [9.17, 15) is 33.6 Å². The summed E-state index contributed by atoms with van der Waals surface area (Å²) in [7, 11) is 0. The maximum Gasteiger partial charge on any atom is 0.427 e. The molecule has 2 aromatic heterocycles. The second-order valence-corrected chi connectivity index (χ2v) is 16.5. The molecule has 19 nitrogen and oxygen atoms in total. The lowest BCUT2D eigenvalue weighted by atomic mass is 10.2. The van der Waals surface area contributed by atoms with Crippen LogP contribution in [0.5, 0.6) is 0 Å². The molecule has 2 N–H and O–H groups in total. The van der Waals surface area contributed by atoms with Crippen LogP contribution in [0.4, 0.5) is 35.7 Å². The first-order valence-electron chi connectivity index (χ1n) is 16.3. The zero-order valence-electron chi connectivity index (χ0n) is 32.6. The molecule has 0 radical (unpaired) electrons. The Morgan fingerprint density at radius 1 is 0.596 bits per heavy atom. The van der Waals surface area contributed by atoms with Gasteiger partial charge in [0, 0.05) is 13.1 Å². The number of imide groups is 2. The molecule has 0 atom stereocenters. The molecule has 0 aliphatic rings. The Balaban J connectivity index is 3.40. The first-order valence-corrected chi connectivity index (χ1v) is 16.3. The predicted octanol–water partition coefficient (Wildman–Crippen LogP) is 5.05. The molecular formula is C33H51N7O12. The number of nitrogens with zero attached hydrogens (tertiary/aromatic N) is 6. The number of carbonyl (C=O) groups excluding carboxylic acids is 5. The molecule has 0 aliphatic heterocycles. The van der Waals surface area contributed by atoms with Crippen LogP contribution in [0, 0.1) is 0 Å². The molecule has 0 unspecified atom stereocenters. The third-order valence-corrected chi connectivity index (χ3v) is 5.60. The lowest BCUT2D eigenvalue weighted by Crippen LogP contribution is -2.49. The van der Waals surface area contributed by atoms with E-state index >= 15 is 0 Å². The van der Waals surface area contributed by atoms with Crippen molar-refractivity contribution in [3.8, 4) is 0 Å². The summed E-state index contributed by atoms with van der Waals surface area (Å²) in [5.41, 5.74) is -3.65. The Labute approximate surface area is 301 Å². The highest BCUT2D eigenvalue weighted by molar-refractivity contribution is 6.14. The summed E-state index contributed by atoms with van der Waals surface area (Å²) in [6.07, 6.45) is -7.04. The number of carbonyl (C=O) groups is 5. The maximum atomic E-state index is 14.3. The predicted molar refractivity (Wildman–Crippen MR) is 189 cm³/mol. The summed E-state index contributed by atoms with van der Waals surface area (Å²) < 4.78 is 28.1. The van der Waals surface area contributed by atoms with Crippen LogP contribution in [0.2, 0.25) is 0 Å². The summed E-state index contributed by atoms with van der Waals surface area (Å²) >= 11 is 0. The lowest BCUT2D eigenvalue weighted by molar-refractivity contribution is 0.0411. The second-order valence-electron chi connectivity index (χ2n) is 16.5. The summed E-state index contributed by atoms with van der Waals surface area (Å²) in [4.78, 5) is 106. The van der Waals surface area contributed by atoms with Gasteiger partial charge < -0.3 is 29.4 Å². The number of aromatic nitrogens is 4. The highest BCUT2D eigenvalue weighted by atomic mass is 16.6. The van der Waals surface area contributed by atoms with Crippen LogP contribution in [0.3, 0.4) is 0 Å². The zero-order valence-corrected chi connectivity index (χ0v) is 32.6. The van der Waals surface area contributed by atoms with E-state index in [1.807, 2.05) is 0 Å². The van der Waals surface area contributed by atoms with E-state index in [-0.39, 0.29) is 20.9 Å². The number of hydrogen-bond donors (Lipinski definition) is 1. The van der Waals surface area contributed by atoms with Crippen molar-refractivity contribution in [3.05, 3.63) is 20.8 Å². The van der Waals surface area contributed by atoms with Gasteiger partial charge in [-0.3, -0.25) is 9.36 Å². The van der Waals surface area contributed by atoms with Crippen LogP contribution in [-0.4, -0.2) is 84.1 Å². The molecule has 0 saturated carbocycles. The van der Waals surface area contributed by atoms with Crippen LogP contribution in [-0.2, 0) is 30.2 Å². The Bertz CT molecular complexity index is 1790. The van der Waals surface area contributed by atoms with Gasteiger partial charge >= 0.3 is 36.2 Å². The molecule has 2 heterocycles. The van der Waals surface area contributed by atoms with Gasteiger partial charge in [0.15, 0.2) is 11.5 Å². The molecule has 2 aromatic rings. The Morgan fingerprint density at radius 3 is 1.31 bits per heavy atom. The van der Waals surface area contributed by atoms with Crippen molar-refractivity contribution >= 4 is 53.3 Å². The molecule has 290 valence electrons. The van der Waals surface area contributed by atoms with E-state index in [0.717, 1.165) is 4.57 Å². The minimum atomic E-state index is -1.44. The number of rotatable bonds is 4. The SMILES string of the molecule is CC(C)(C)OC(=O)N(C(=O)OC(C)(C)C)c1nc(N(C(=O)OC(C)(C)C)C(=O)OC(C)(C)C)c2c(=O)n(C(=O)OC(C)(C)C)c(=O)n(CCN)c2n1. The van der Waals surface area contributed by atoms with Gasteiger partial charge in [0.1, 0.15) is 33.4 Å². The second kappa shape index (κ2) is 14.9. The van der Waals surface area contributed by atoms with Gasteiger partial charge in [-0.25, -0.2) is 28.8 Å². The summed E-state index contributed by atoms with van der Waals surface area (Å²) in [5, 5.41) is -0.798. The van der Waals surface area contributed by atoms with Gasteiger partial charge in [-0.1, -0.05) is 0 Å². The zero-order chi connectivity index (χ0) is 40.5. The molecule has 0 aliphatic carbocycles. The molecule has 0 spiro atoms. The molecule has 0 aromatic carbocycles. The van der Waals surface area contributed by atoms with E-state index in [2.05, 4.69) is 9.97 Å². The van der Waals surface area contributed by atoms with E-state index < -0.39 is 99.1 Å². The Kier molecular flexibility index (Phi) is 12.3. The molecule has 4 amide bonds. The quantitative estimate of drug-likeness (QED) is 0.404. The van der Waals surface area contributed by atoms with Gasteiger partial charge in [0.05, 0.1) is 0 Å². The summed E-state index contributed by atoms with van der Waals surface area (Å²) in [6.45, 7) is 21.8. The molecule has 52 heavy (non-hydrogen) atoms. The van der Waals surface area contributed by atoms with Gasteiger partial charge in [-0.05, 0) is 104 Å². The minimum Gasteiger partial charge on any atom is -0.443 e. The number of amides is 4. The summed E-state index contributed by atoms with van der Waals surface area (Å²) in [5.74, 6) is -1.86.